The van der Waals surface area contributed by atoms with Gasteiger partial charge in [0.1, 0.15) is 12.2 Å². The van der Waals surface area contributed by atoms with E-state index in [4.69, 9.17) is 10.2 Å². The summed E-state index contributed by atoms with van der Waals surface area (Å²) in [5.41, 5.74) is 0. The molecule has 1 aliphatic rings. The van der Waals surface area contributed by atoms with Crippen molar-refractivity contribution < 1.29 is 19.7 Å². The van der Waals surface area contributed by atoms with Crippen molar-refractivity contribution in [2.75, 3.05) is 6.61 Å². The molecule has 0 aliphatic carbocycles. The van der Waals surface area contributed by atoms with Gasteiger partial charge in [-0.1, -0.05) is 0 Å². The topological polar surface area (TPSA) is 66.8 Å². The first kappa shape index (κ1) is 7.50. The van der Waals surface area contributed by atoms with Crippen LogP contribution in [0.3, 0.4) is 0 Å². The molecule has 0 aromatic carbocycles. The molecule has 4 nitrogen and oxygen atoms in total. The quantitative estimate of drug-likeness (QED) is 0.493. The third-order valence-corrected chi connectivity index (χ3v) is 1.53. The van der Waals surface area contributed by atoms with E-state index >= 15 is 0 Å². The van der Waals surface area contributed by atoms with Gasteiger partial charge in [-0.3, -0.25) is 4.79 Å². The molecule has 1 fully saturated rings. The Kier molecular flexibility index (Phi) is 2.24. The van der Waals surface area contributed by atoms with Gasteiger partial charge in [-0.05, 0) is 6.42 Å². The molecule has 4 heteroatoms. The zero-order valence-electron chi connectivity index (χ0n) is 5.49. The Morgan fingerprint density at radius 3 is 2.90 bits per heavy atom. The molecule has 0 spiro atoms. The van der Waals surface area contributed by atoms with Crippen molar-refractivity contribution in [2.24, 2.45) is 0 Å². The number of carbonyl (C=O) groups is 1. The molecule has 0 amide bonds. The zero-order chi connectivity index (χ0) is 7.56. The lowest BCUT2D eigenvalue weighted by Gasteiger charge is -2.13. The van der Waals surface area contributed by atoms with E-state index in [9.17, 15) is 4.79 Å². The average molecular weight is 146 g/mol. The summed E-state index contributed by atoms with van der Waals surface area (Å²) in [6, 6.07) is 0. The van der Waals surface area contributed by atoms with Crippen LogP contribution >= 0.6 is 0 Å². The van der Waals surface area contributed by atoms with E-state index in [-0.39, 0.29) is 12.6 Å². The highest BCUT2D eigenvalue weighted by atomic mass is 16.6. The number of rotatable bonds is 2. The standard InChI is InChI=1S/C6H10O4/c7-3-4(8)5-1-2-6(9)10-5/h4-5,7-8H,1-3H2/t4-,5-/m1/s1. The van der Waals surface area contributed by atoms with Crippen molar-refractivity contribution >= 4 is 5.97 Å². The number of ether oxygens (including phenoxy) is 1. The molecule has 0 saturated carbocycles. The largest absolute Gasteiger partial charge is 0.459 e. The van der Waals surface area contributed by atoms with Crippen LogP contribution in [0, 0.1) is 0 Å². The van der Waals surface area contributed by atoms with E-state index in [0.717, 1.165) is 0 Å². The summed E-state index contributed by atoms with van der Waals surface area (Å²) in [4.78, 5) is 10.5. The average Bonchev–Trinajstić information content (AvgIpc) is 2.34. The number of hydrogen-bond acceptors (Lipinski definition) is 4. The summed E-state index contributed by atoms with van der Waals surface area (Å²) >= 11 is 0. The summed E-state index contributed by atoms with van der Waals surface area (Å²) < 4.78 is 4.67. The maximum atomic E-state index is 10.5. The van der Waals surface area contributed by atoms with Crippen LogP contribution in [0.1, 0.15) is 12.8 Å². The molecule has 2 atom stereocenters. The van der Waals surface area contributed by atoms with Crippen molar-refractivity contribution in [1.29, 1.82) is 0 Å². The van der Waals surface area contributed by atoms with Gasteiger partial charge in [0.05, 0.1) is 6.61 Å². The van der Waals surface area contributed by atoms with Crippen LogP contribution in [-0.4, -0.2) is 35.0 Å². The second-order valence-corrected chi connectivity index (χ2v) is 2.32. The van der Waals surface area contributed by atoms with Gasteiger partial charge in [-0.15, -0.1) is 0 Å². The van der Waals surface area contributed by atoms with E-state index in [0.29, 0.717) is 12.8 Å². The molecule has 2 N–H and O–H groups in total. The van der Waals surface area contributed by atoms with E-state index in [1.165, 1.54) is 0 Å². The van der Waals surface area contributed by atoms with E-state index in [1.807, 2.05) is 0 Å². The smallest absolute Gasteiger partial charge is 0.306 e. The van der Waals surface area contributed by atoms with Gasteiger partial charge in [0, 0.05) is 6.42 Å². The Balaban J connectivity index is 2.36. The highest BCUT2D eigenvalue weighted by molar-refractivity contribution is 5.71. The molecular formula is C6H10O4. The summed E-state index contributed by atoms with van der Waals surface area (Å²) in [7, 11) is 0. The van der Waals surface area contributed by atoms with E-state index in [2.05, 4.69) is 4.74 Å². The third kappa shape index (κ3) is 1.46. The molecule has 1 aliphatic heterocycles. The monoisotopic (exact) mass is 146 g/mol. The van der Waals surface area contributed by atoms with Gasteiger partial charge < -0.3 is 14.9 Å². The fourth-order valence-corrected chi connectivity index (χ4v) is 0.935. The van der Waals surface area contributed by atoms with Gasteiger partial charge in [0.25, 0.3) is 0 Å². The van der Waals surface area contributed by atoms with Crippen LogP contribution < -0.4 is 0 Å². The first-order valence-corrected chi connectivity index (χ1v) is 3.22. The molecule has 1 heterocycles. The summed E-state index contributed by atoms with van der Waals surface area (Å²) in [5.74, 6) is -0.294. The lowest BCUT2D eigenvalue weighted by Crippen LogP contribution is -2.28. The molecule has 58 valence electrons. The van der Waals surface area contributed by atoms with Gasteiger partial charge in [-0.2, -0.15) is 0 Å². The molecule has 0 unspecified atom stereocenters. The Hall–Kier alpha value is -0.610. The Labute approximate surface area is 58.4 Å². The third-order valence-electron chi connectivity index (χ3n) is 1.53. The summed E-state index contributed by atoms with van der Waals surface area (Å²) in [5, 5.41) is 17.4. The molecule has 1 saturated heterocycles. The fourth-order valence-electron chi connectivity index (χ4n) is 0.935. The van der Waals surface area contributed by atoms with Crippen LogP contribution in [0.25, 0.3) is 0 Å². The first-order chi connectivity index (χ1) is 4.74. The number of cyclic esters (lactones) is 1. The van der Waals surface area contributed by atoms with Crippen LogP contribution in [0.5, 0.6) is 0 Å². The summed E-state index contributed by atoms with van der Waals surface area (Å²) in [6.07, 6.45) is -0.536. The number of aliphatic hydroxyl groups excluding tert-OH is 2. The van der Waals surface area contributed by atoms with Crippen LogP contribution in [0.2, 0.25) is 0 Å². The van der Waals surface area contributed by atoms with Crippen LogP contribution in [-0.2, 0) is 9.53 Å². The highest BCUT2D eigenvalue weighted by Crippen LogP contribution is 2.16. The molecular weight excluding hydrogens is 136 g/mol. The molecule has 0 radical (unpaired) electrons. The van der Waals surface area contributed by atoms with Crippen molar-refractivity contribution in [3.8, 4) is 0 Å². The van der Waals surface area contributed by atoms with E-state index < -0.39 is 12.2 Å². The van der Waals surface area contributed by atoms with Crippen LogP contribution in [0.15, 0.2) is 0 Å². The molecule has 0 aromatic heterocycles. The van der Waals surface area contributed by atoms with Crippen LogP contribution in [0.4, 0.5) is 0 Å². The predicted molar refractivity (Wildman–Crippen MR) is 32.2 cm³/mol. The number of hydrogen-bond donors (Lipinski definition) is 2. The van der Waals surface area contributed by atoms with Gasteiger partial charge in [0.2, 0.25) is 0 Å². The predicted octanol–water partition coefficient (Wildman–Crippen LogP) is -0.955. The highest BCUT2D eigenvalue weighted by Gasteiger charge is 2.28. The van der Waals surface area contributed by atoms with Crippen molar-refractivity contribution in [2.45, 2.75) is 25.0 Å². The minimum Gasteiger partial charge on any atom is -0.459 e. The second-order valence-electron chi connectivity index (χ2n) is 2.32. The normalized spacial score (nSPS) is 28.2. The Morgan fingerprint density at radius 2 is 2.50 bits per heavy atom. The second kappa shape index (κ2) is 2.98. The lowest BCUT2D eigenvalue weighted by molar-refractivity contribution is -0.146. The minimum absolute atomic E-state index is 0.294. The Bertz CT molecular complexity index is 134. The SMILES string of the molecule is O=C1CC[C@H]([C@H](O)CO)O1. The van der Waals surface area contributed by atoms with Gasteiger partial charge in [0.15, 0.2) is 0 Å². The number of aliphatic hydroxyl groups is 2. The van der Waals surface area contributed by atoms with Gasteiger partial charge >= 0.3 is 5.97 Å². The molecule has 0 bridgehead atoms. The molecule has 10 heavy (non-hydrogen) atoms. The molecule has 0 aromatic rings. The number of esters is 1. The van der Waals surface area contributed by atoms with Crippen molar-refractivity contribution in [3.63, 3.8) is 0 Å². The zero-order valence-corrected chi connectivity index (χ0v) is 5.49. The van der Waals surface area contributed by atoms with Crippen molar-refractivity contribution in [3.05, 3.63) is 0 Å². The van der Waals surface area contributed by atoms with Crippen molar-refractivity contribution in [1.82, 2.24) is 0 Å². The maximum Gasteiger partial charge on any atom is 0.306 e. The van der Waals surface area contributed by atoms with Gasteiger partial charge in [-0.25, -0.2) is 0 Å². The van der Waals surface area contributed by atoms with E-state index in [1.54, 1.807) is 0 Å². The Morgan fingerprint density at radius 1 is 1.80 bits per heavy atom. The minimum atomic E-state index is -0.911. The lowest BCUT2D eigenvalue weighted by atomic mass is 10.1. The number of carbonyl (C=O) groups excluding carboxylic acids is 1. The fraction of sp³-hybridized carbons (Fsp3) is 0.833. The summed E-state index contributed by atoms with van der Waals surface area (Å²) in [6.45, 7) is -0.349. The molecule has 1 rings (SSSR count). The maximum absolute atomic E-state index is 10.5. The first-order valence-electron chi connectivity index (χ1n) is 3.22.